The fourth-order valence-corrected chi connectivity index (χ4v) is 4.32. The van der Waals surface area contributed by atoms with Crippen LogP contribution in [0.4, 0.5) is 0 Å². The van der Waals surface area contributed by atoms with Crippen molar-refractivity contribution in [3.63, 3.8) is 0 Å². The molecule has 4 aromatic rings. The van der Waals surface area contributed by atoms with Gasteiger partial charge >= 0.3 is 11.9 Å². The number of rotatable bonds is 10. The molecular formula is C26H24N10O5S2. The molecule has 4 aromatic heterocycles. The smallest absolute Gasteiger partial charge is 0.340 e. The van der Waals surface area contributed by atoms with Crippen LogP contribution in [0.25, 0.3) is 48.1 Å². The van der Waals surface area contributed by atoms with Crippen LogP contribution < -0.4 is 0 Å². The number of thiazole rings is 2. The molecule has 0 amide bonds. The van der Waals surface area contributed by atoms with E-state index in [1.165, 1.54) is 28.7 Å². The molecule has 0 N–H and O–H groups in total. The van der Waals surface area contributed by atoms with Crippen molar-refractivity contribution in [1.82, 2.24) is 19.9 Å². The fourth-order valence-electron chi connectivity index (χ4n) is 2.75. The third-order valence-electron chi connectivity index (χ3n) is 4.46. The Balaban J connectivity index is 0.000000250. The molecule has 0 atom stereocenters. The van der Waals surface area contributed by atoms with Crippen molar-refractivity contribution in [3.8, 4) is 21.1 Å². The van der Waals surface area contributed by atoms with E-state index in [4.69, 9.17) is 15.8 Å². The van der Waals surface area contributed by atoms with E-state index in [0.29, 0.717) is 16.4 Å². The number of hydrogen-bond donors (Lipinski definition) is 0. The highest BCUT2D eigenvalue weighted by Gasteiger charge is 2.10. The molecule has 4 heterocycles. The van der Waals surface area contributed by atoms with Gasteiger partial charge in [0.25, 0.3) is 0 Å². The van der Waals surface area contributed by atoms with Crippen molar-refractivity contribution in [1.29, 1.82) is 0 Å². The maximum atomic E-state index is 11.6. The number of esters is 2. The lowest BCUT2D eigenvalue weighted by Gasteiger charge is -1.99. The monoisotopic (exact) mass is 620 g/mol. The summed E-state index contributed by atoms with van der Waals surface area (Å²) in [4.78, 5) is 55.0. The molecule has 4 rings (SSSR count). The Bertz CT molecular complexity index is 1600. The number of aldehydes is 1. The molecule has 220 valence electrons. The number of aromatic nitrogens is 4. The summed E-state index contributed by atoms with van der Waals surface area (Å²) >= 11 is 2.72. The second kappa shape index (κ2) is 19.6. The zero-order chi connectivity index (χ0) is 31.3. The van der Waals surface area contributed by atoms with Gasteiger partial charge in [0.05, 0.1) is 18.1 Å². The minimum atomic E-state index is -0.661. The number of hydrogen-bond acceptors (Lipinski definition) is 13. The number of nitrogens with zero attached hydrogens (tertiary/aromatic N) is 10. The lowest BCUT2D eigenvalue weighted by molar-refractivity contribution is -0.141. The summed E-state index contributed by atoms with van der Waals surface area (Å²) in [5.74, 6) is -1.15. The van der Waals surface area contributed by atoms with Crippen LogP contribution in [-0.4, -0.2) is 57.9 Å². The first-order valence-corrected chi connectivity index (χ1v) is 13.9. The Morgan fingerprint density at radius 3 is 1.93 bits per heavy atom. The topological polar surface area (TPSA) is 219 Å². The molecule has 0 radical (unpaired) electrons. The first-order valence-electron chi connectivity index (χ1n) is 12.2. The van der Waals surface area contributed by atoms with E-state index in [1.807, 2.05) is 24.3 Å². The van der Waals surface area contributed by atoms with Gasteiger partial charge in [-0.1, -0.05) is 10.2 Å². The molecule has 0 bridgehead atoms. The van der Waals surface area contributed by atoms with E-state index < -0.39 is 11.9 Å². The summed E-state index contributed by atoms with van der Waals surface area (Å²) in [6, 6.07) is 7.47. The molecular weight excluding hydrogens is 596 g/mol. The minimum absolute atomic E-state index is 0.0965. The van der Waals surface area contributed by atoms with Gasteiger partial charge in [-0.2, -0.15) is 0 Å². The van der Waals surface area contributed by atoms with E-state index in [1.54, 1.807) is 51.0 Å². The summed E-state index contributed by atoms with van der Waals surface area (Å²) < 4.78 is 9.26. The van der Waals surface area contributed by atoms with Crippen LogP contribution in [-0.2, 0) is 19.1 Å². The van der Waals surface area contributed by atoms with Crippen molar-refractivity contribution in [3.05, 3.63) is 97.8 Å². The Morgan fingerprint density at radius 1 is 0.884 bits per heavy atom. The van der Waals surface area contributed by atoms with Crippen LogP contribution in [0.2, 0.25) is 0 Å². The van der Waals surface area contributed by atoms with Crippen molar-refractivity contribution >= 4 is 47.0 Å². The highest BCUT2D eigenvalue weighted by atomic mass is 32.1. The number of azide groups is 2. The average molecular weight is 621 g/mol. The molecule has 0 saturated heterocycles. The van der Waals surface area contributed by atoms with Gasteiger partial charge in [0.2, 0.25) is 0 Å². The number of carbonyl (C=O) groups is 3. The molecule has 0 aliphatic heterocycles. The molecule has 0 aliphatic carbocycles. The third-order valence-corrected chi connectivity index (χ3v) is 6.43. The normalized spacial score (nSPS) is 9.86. The summed E-state index contributed by atoms with van der Waals surface area (Å²) in [6.07, 6.45) is 12.2. The van der Waals surface area contributed by atoms with E-state index in [0.717, 1.165) is 27.4 Å². The van der Waals surface area contributed by atoms with Crippen LogP contribution in [0.3, 0.4) is 0 Å². The zero-order valence-electron chi connectivity index (χ0n) is 22.9. The Hall–Kier alpha value is -5.47. The summed E-state index contributed by atoms with van der Waals surface area (Å²) in [5, 5.41) is 7.94. The van der Waals surface area contributed by atoms with Crippen molar-refractivity contribution in [2.24, 2.45) is 10.2 Å². The van der Waals surface area contributed by atoms with Crippen LogP contribution in [0, 0.1) is 0 Å². The maximum Gasteiger partial charge on any atom is 0.340 e. The van der Waals surface area contributed by atoms with Gasteiger partial charge in [0.1, 0.15) is 22.3 Å². The Kier molecular flexibility index (Phi) is 15.4. The summed E-state index contributed by atoms with van der Waals surface area (Å²) in [7, 11) is 0. The largest absolute Gasteiger partial charge is 0.466 e. The third kappa shape index (κ3) is 12.3. The first kappa shape index (κ1) is 33.7. The zero-order valence-corrected chi connectivity index (χ0v) is 24.5. The van der Waals surface area contributed by atoms with Crippen LogP contribution >= 0.6 is 22.7 Å². The van der Waals surface area contributed by atoms with E-state index >= 15 is 0 Å². The summed E-state index contributed by atoms with van der Waals surface area (Å²) in [5.41, 5.74) is 18.0. The molecule has 0 unspecified atom stereocenters. The second-order valence-corrected chi connectivity index (χ2v) is 9.49. The van der Waals surface area contributed by atoms with Gasteiger partial charge < -0.3 is 9.47 Å². The fraction of sp³-hybridized carbons (Fsp3) is 0.192. The van der Waals surface area contributed by atoms with E-state index in [-0.39, 0.29) is 18.8 Å². The second-order valence-electron chi connectivity index (χ2n) is 7.37. The Morgan fingerprint density at radius 2 is 1.47 bits per heavy atom. The quantitative estimate of drug-likeness (QED) is 0.0484. The van der Waals surface area contributed by atoms with E-state index in [9.17, 15) is 14.4 Å². The Labute approximate surface area is 253 Å². The van der Waals surface area contributed by atoms with Gasteiger partial charge in [-0.05, 0) is 55.3 Å². The summed E-state index contributed by atoms with van der Waals surface area (Å²) in [6.45, 7) is 3.68. The van der Waals surface area contributed by atoms with Crippen molar-refractivity contribution in [2.45, 2.75) is 13.8 Å². The van der Waals surface area contributed by atoms with Gasteiger partial charge in [-0.15, -0.1) is 22.7 Å². The molecule has 0 spiro atoms. The van der Waals surface area contributed by atoms with E-state index in [2.05, 4.69) is 44.7 Å². The number of ether oxygens (including phenoxy) is 2. The predicted octanol–water partition coefficient (Wildman–Crippen LogP) is 6.30. The molecule has 0 fully saturated rings. The number of pyridine rings is 2. The lowest BCUT2D eigenvalue weighted by atomic mass is 10.3. The van der Waals surface area contributed by atoms with Gasteiger partial charge in [0.15, 0.2) is 6.29 Å². The lowest BCUT2D eigenvalue weighted by Crippen LogP contribution is -2.06. The standard InChI is InChI=1S/C13H11N5O2S.C9H6N2OS.C4H7N3O2/c1-2-20-13(19)11(17-18-14)6-10-8-16-12(21-10)9-4-3-5-15-7-9;12-6-8-5-11-9(13-8)7-2-1-3-10-4-7;1-2-9-4(8)3-6-7-5/h3-8H,2H2,1H3;1-6H;2-3H2,1H3/b11-6-;;. The molecule has 15 nitrogen and oxygen atoms in total. The first-order chi connectivity index (χ1) is 20.9. The predicted molar refractivity (Wildman–Crippen MR) is 160 cm³/mol. The molecule has 0 aliphatic rings. The van der Waals surface area contributed by atoms with Crippen molar-refractivity contribution < 1.29 is 23.9 Å². The minimum Gasteiger partial charge on any atom is -0.466 e. The highest BCUT2D eigenvalue weighted by molar-refractivity contribution is 7.16. The van der Waals surface area contributed by atoms with Crippen LogP contribution in [0.1, 0.15) is 28.4 Å². The molecule has 0 saturated carbocycles. The number of carbonyl (C=O) groups excluding carboxylic acids is 3. The molecule has 43 heavy (non-hydrogen) atoms. The van der Waals surface area contributed by atoms with Gasteiger partial charge in [-0.3, -0.25) is 19.6 Å². The SMILES string of the molecule is CCOC(=O)/C(=C/c1cnc(-c2cccnc2)s1)N=[N+]=[N-].CCOC(=O)CN=[N+]=[N-].O=Cc1cnc(-c2cccnc2)s1. The molecule has 0 aromatic carbocycles. The van der Waals surface area contributed by atoms with Crippen molar-refractivity contribution in [2.75, 3.05) is 19.8 Å². The average Bonchev–Trinajstić information content (AvgIpc) is 3.72. The van der Waals surface area contributed by atoms with Gasteiger partial charge in [0, 0.05) is 63.0 Å². The highest BCUT2D eigenvalue weighted by Crippen LogP contribution is 2.26. The molecule has 17 heteroatoms. The van der Waals surface area contributed by atoms with Crippen LogP contribution in [0.5, 0.6) is 0 Å². The van der Waals surface area contributed by atoms with Crippen LogP contribution in [0.15, 0.2) is 77.4 Å². The van der Waals surface area contributed by atoms with Gasteiger partial charge in [-0.25, -0.2) is 14.8 Å². The maximum absolute atomic E-state index is 11.6.